The topological polar surface area (TPSA) is 0 Å². The summed E-state index contributed by atoms with van der Waals surface area (Å²) in [6.45, 7) is 13.8. The average molecular weight is 509 g/mol. The lowest BCUT2D eigenvalue weighted by Crippen LogP contribution is -2.25. The molecule has 4 aromatic rings. The molecular formula is C39H40. The third-order valence-corrected chi connectivity index (χ3v) is 10.0. The predicted octanol–water partition coefficient (Wildman–Crippen LogP) is 10.6. The Morgan fingerprint density at radius 3 is 1.31 bits per heavy atom. The number of hydrogen-bond donors (Lipinski definition) is 0. The quantitative estimate of drug-likeness (QED) is 0.243. The van der Waals surface area contributed by atoms with Gasteiger partial charge in [-0.3, -0.25) is 0 Å². The van der Waals surface area contributed by atoms with E-state index in [4.69, 9.17) is 0 Å². The number of rotatable bonds is 6. The molecule has 6 rings (SSSR count). The van der Waals surface area contributed by atoms with Gasteiger partial charge in [0.1, 0.15) is 0 Å². The van der Waals surface area contributed by atoms with E-state index in [-0.39, 0.29) is 5.41 Å². The molecular weight excluding hydrogens is 468 g/mol. The van der Waals surface area contributed by atoms with Gasteiger partial charge in [-0.15, -0.1) is 0 Å². The monoisotopic (exact) mass is 508 g/mol. The second-order valence-electron chi connectivity index (χ2n) is 11.7. The van der Waals surface area contributed by atoms with Gasteiger partial charge in [-0.2, -0.15) is 0 Å². The van der Waals surface area contributed by atoms with Crippen LogP contribution in [0.1, 0.15) is 71.2 Å². The van der Waals surface area contributed by atoms with Gasteiger partial charge >= 0.3 is 0 Å². The molecule has 196 valence electrons. The fourth-order valence-electron chi connectivity index (χ4n) is 7.27. The lowest BCUT2D eigenvalue weighted by Gasteiger charge is -2.35. The van der Waals surface area contributed by atoms with Crippen molar-refractivity contribution in [2.45, 2.75) is 67.2 Å². The molecule has 0 amide bonds. The van der Waals surface area contributed by atoms with Gasteiger partial charge in [0.15, 0.2) is 0 Å². The molecule has 0 radical (unpaired) electrons. The molecule has 0 saturated heterocycles. The number of allylic oxidation sites excluding steroid dienone is 2. The van der Waals surface area contributed by atoms with Crippen LogP contribution in [-0.2, 0) is 12.8 Å². The molecule has 0 heteroatoms. The SMILES string of the molecule is CCC(CC)(C1=Cc2c(cccc2-c2cccc(C)c2C)C1)C1=Cc2c(cccc2-c2cccc(C)c2C)C1. The van der Waals surface area contributed by atoms with Crippen molar-refractivity contribution in [3.8, 4) is 22.3 Å². The highest BCUT2D eigenvalue weighted by atomic mass is 14.4. The molecule has 2 aliphatic carbocycles. The third-order valence-electron chi connectivity index (χ3n) is 10.0. The lowest BCUT2D eigenvalue weighted by molar-refractivity contribution is 0.390. The van der Waals surface area contributed by atoms with Crippen molar-refractivity contribution in [3.63, 3.8) is 0 Å². The van der Waals surface area contributed by atoms with E-state index in [0.29, 0.717) is 0 Å². The van der Waals surface area contributed by atoms with E-state index in [0.717, 1.165) is 25.7 Å². The summed E-state index contributed by atoms with van der Waals surface area (Å²) in [6, 6.07) is 27.3. The maximum Gasteiger partial charge on any atom is 0.0129 e. The second-order valence-corrected chi connectivity index (χ2v) is 11.7. The standard InChI is InChI=1S/C39H40/c1-7-39(8-2,31-21-29-15-11-19-35(37(29)23-31)33-17-9-13-25(3)27(33)5)32-22-30-16-12-20-36(38(30)24-32)34-18-10-14-26(4)28(34)6/h9-20,23-24H,7-8,21-22H2,1-6H3. The molecule has 0 atom stereocenters. The first-order valence-corrected chi connectivity index (χ1v) is 14.7. The summed E-state index contributed by atoms with van der Waals surface area (Å²) >= 11 is 0. The van der Waals surface area contributed by atoms with Crippen molar-refractivity contribution in [2.24, 2.45) is 5.41 Å². The van der Waals surface area contributed by atoms with Crippen LogP contribution < -0.4 is 0 Å². The zero-order valence-electron chi connectivity index (χ0n) is 24.4. The lowest BCUT2D eigenvalue weighted by atomic mass is 9.68. The Balaban J connectivity index is 1.45. The summed E-state index contributed by atoms with van der Waals surface area (Å²) in [5.41, 5.74) is 20.1. The minimum atomic E-state index is 0.0792. The first-order chi connectivity index (χ1) is 18.9. The molecule has 0 heterocycles. The smallest absolute Gasteiger partial charge is 0.0129 e. The van der Waals surface area contributed by atoms with Gasteiger partial charge < -0.3 is 0 Å². The number of fused-ring (bicyclic) bond motifs is 2. The average Bonchev–Trinajstić information content (AvgIpc) is 3.58. The summed E-state index contributed by atoms with van der Waals surface area (Å²) in [4.78, 5) is 0. The maximum atomic E-state index is 2.56. The van der Waals surface area contributed by atoms with E-state index in [1.807, 2.05) is 0 Å². The zero-order chi connectivity index (χ0) is 27.3. The van der Waals surface area contributed by atoms with Crippen LogP contribution >= 0.6 is 0 Å². The van der Waals surface area contributed by atoms with E-state index < -0.39 is 0 Å². The van der Waals surface area contributed by atoms with E-state index in [1.54, 1.807) is 11.1 Å². The molecule has 0 unspecified atom stereocenters. The summed E-state index contributed by atoms with van der Waals surface area (Å²) < 4.78 is 0. The normalized spacial score (nSPS) is 14.2. The number of hydrogen-bond acceptors (Lipinski definition) is 0. The van der Waals surface area contributed by atoms with Crippen LogP contribution in [0.15, 0.2) is 83.9 Å². The Bertz CT molecular complexity index is 1530. The highest BCUT2D eigenvalue weighted by molar-refractivity contribution is 5.86. The predicted molar refractivity (Wildman–Crippen MR) is 169 cm³/mol. The summed E-state index contributed by atoms with van der Waals surface area (Å²) in [5.74, 6) is 0. The molecule has 39 heavy (non-hydrogen) atoms. The van der Waals surface area contributed by atoms with Crippen molar-refractivity contribution in [1.82, 2.24) is 0 Å². The van der Waals surface area contributed by atoms with E-state index >= 15 is 0 Å². The van der Waals surface area contributed by atoms with E-state index in [1.165, 1.54) is 66.8 Å². The molecule has 4 aromatic carbocycles. The van der Waals surface area contributed by atoms with Crippen LogP contribution in [0.3, 0.4) is 0 Å². The van der Waals surface area contributed by atoms with Crippen LogP contribution in [-0.4, -0.2) is 0 Å². The Morgan fingerprint density at radius 2 is 0.897 bits per heavy atom. The van der Waals surface area contributed by atoms with Gasteiger partial charge in [-0.25, -0.2) is 0 Å². The molecule has 0 saturated carbocycles. The minimum Gasteiger partial charge on any atom is -0.0642 e. The van der Waals surface area contributed by atoms with Crippen molar-refractivity contribution in [2.75, 3.05) is 0 Å². The van der Waals surface area contributed by atoms with Gasteiger partial charge in [-0.05, 0) is 120 Å². The van der Waals surface area contributed by atoms with Crippen LogP contribution in [0.25, 0.3) is 34.4 Å². The van der Waals surface area contributed by atoms with Gasteiger partial charge in [0.25, 0.3) is 0 Å². The van der Waals surface area contributed by atoms with E-state index in [2.05, 4.69) is 126 Å². The fraction of sp³-hybridized carbons (Fsp3) is 0.282. The molecule has 0 bridgehead atoms. The second kappa shape index (κ2) is 9.83. The van der Waals surface area contributed by atoms with Crippen LogP contribution in [0.5, 0.6) is 0 Å². The highest BCUT2D eigenvalue weighted by Crippen LogP contribution is 2.52. The van der Waals surface area contributed by atoms with Gasteiger partial charge in [0.05, 0.1) is 0 Å². The Morgan fingerprint density at radius 1 is 0.513 bits per heavy atom. The summed E-state index contributed by atoms with van der Waals surface area (Å²) in [6.07, 6.45) is 9.48. The first kappa shape index (κ1) is 25.6. The molecule has 2 aliphatic rings. The van der Waals surface area contributed by atoms with Crippen molar-refractivity contribution in [1.29, 1.82) is 0 Å². The first-order valence-electron chi connectivity index (χ1n) is 14.7. The Kier molecular flexibility index (Phi) is 6.46. The molecule has 0 N–H and O–H groups in total. The molecule has 0 nitrogen and oxygen atoms in total. The van der Waals surface area contributed by atoms with Crippen molar-refractivity contribution >= 4 is 12.2 Å². The zero-order valence-corrected chi connectivity index (χ0v) is 24.4. The Hall–Kier alpha value is -3.64. The molecule has 0 spiro atoms. The molecule has 0 aliphatic heterocycles. The number of aryl methyl sites for hydroxylation is 2. The van der Waals surface area contributed by atoms with Gasteiger partial charge in [0.2, 0.25) is 0 Å². The molecule has 0 aromatic heterocycles. The van der Waals surface area contributed by atoms with Gasteiger partial charge in [0, 0.05) is 5.41 Å². The van der Waals surface area contributed by atoms with Crippen LogP contribution in [0.4, 0.5) is 0 Å². The third kappa shape index (κ3) is 4.04. The van der Waals surface area contributed by atoms with Gasteiger partial charge in [-0.1, -0.05) is 110 Å². The van der Waals surface area contributed by atoms with E-state index in [9.17, 15) is 0 Å². The minimum absolute atomic E-state index is 0.0792. The van der Waals surface area contributed by atoms with Crippen LogP contribution in [0, 0.1) is 33.1 Å². The summed E-state index contributed by atoms with van der Waals surface area (Å²) in [5, 5.41) is 0. The van der Waals surface area contributed by atoms with Crippen LogP contribution in [0.2, 0.25) is 0 Å². The highest BCUT2D eigenvalue weighted by Gasteiger charge is 2.39. The molecule has 0 fully saturated rings. The number of benzene rings is 4. The maximum absolute atomic E-state index is 2.56. The largest absolute Gasteiger partial charge is 0.0642 e. The fourth-order valence-corrected chi connectivity index (χ4v) is 7.27. The van der Waals surface area contributed by atoms with Crippen molar-refractivity contribution < 1.29 is 0 Å². The van der Waals surface area contributed by atoms with Crippen molar-refractivity contribution in [3.05, 3.63) is 128 Å². The summed E-state index contributed by atoms with van der Waals surface area (Å²) in [7, 11) is 0. The Labute approximate surface area is 235 Å².